The number of benzene rings is 2. The normalized spacial score (nSPS) is 16.0. The van der Waals surface area contributed by atoms with Crippen LogP contribution in [-0.2, 0) is 20.9 Å². The molecule has 9 heteroatoms. The molecule has 0 aliphatic carbocycles. The fraction of sp³-hybridized carbons (Fsp3) is 0.345. The van der Waals surface area contributed by atoms with Crippen LogP contribution in [0.4, 0.5) is 5.69 Å². The predicted octanol–water partition coefficient (Wildman–Crippen LogP) is 4.02. The van der Waals surface area contributed by atoms with E-state index >= 15 is 0 Å². The monoisotopic (exact) mass is 512 g/mol. The number of carbonyl (C=O) groups excluding carboxylic acids is 2. The van der Waals surface area contributed by atoms with E-state index in [1.165, 1.54) is 0 Å². The predicted molar refractivity (Wildman–Crippen MR) is 145 cm³/mol. The van der Waals surface area contributed by atoms with Gasteiger partial charge >= 0.3 is 0 Å². The summed E-state index contributed by atoms with van der Waals surface area (Å²) in [4.78, 5) is 33.5. The molecule has 0 radical (unpaired) electrons. The summed E-state index contributed by atoms with van der Waals surface area (Å²) in [7, 11) is 0. The molecule has 9 nitrogen and oxygen atoms in total. The molecular weight excluding hydrogens is 480 g/mol. The molecule has 2 atom stereocenters. The molecule has 1 aliphatic heterocycles. The molecule has 2 amide bonds. The van der Waals surface area contributed by atoms with E-state index in [-0.39, 0.29) is 24.5 Å². The molecule has 1 N–H and O–H groups in total. The molecule has 0 unspecified atom stereocenters. The van der Waals surface area contributed by atoms with Crippen molar-refractivity contribution in [3.63, 3.8) is 0 Å². The zero-order chi connectivity index (χ0) is 26.5. The van der Waals surface area contributed by atoms with Gasteiger partial charge in [0.2, 0.25) is 11.8 Å². The lowest BCUT2D eigenvalue weighted by Crippen LogP contribution is -2.46. The lowest BCUT2D eigenvalue weighted by atomic mass is 10.0. The quantitative estimate of drug-likeness (QED) is 0.363. The Morgan fingerprint density at radius 3 is 2.53 bits per heavy atom. The molecule has 1 fully saturated rings. The summed E-state index contributed by atoms with van der Waals surface area (Å²) in [6, 6.07) is 17.9. The van der Waals surface area contributed by atoms with Crippen molar-refractivity contribution in [1.82, 2.24) is 25.3 Å². The molecule has 0 saturated carbocycles. The second-order valence-electron chi connectivity index (χ2n) is 9.81. The molecule has 5 rings (SSSR count). The average molecular weight is 513 g/mol. The zero-order valence-corrected chi connectivity index (χ0v) is 21.7. The number of aromatic nitrogens is 4. The number of pyridine rings is 1. The van der Waals surface area contributed by atoms with Crippen LogP contribution in [0.5, 0.6) is 0 Å². The number of para-hydroxylation sites is 1. The van der Waals surface area contributed by atoms with Gasteiger partial charge in [0.1, 0.15) is 18.1 Å². The molecule has 38 heavy (non-hydrogen) atoms. The molecule has 3 heterocycles. The van der Waals surface area contributed by atoms with Crippen molar-refractivity contribution in [2.75, 3.05) is 18.1 Å². The molecule has 196 valence electrons. The Hall–Kier alpha value is -4.11. The smallest absolute Gasteiger partial charge is 0.249 e. The van der Waals surface area contributed by atoms with Gasteiger partial charge in [0.05, 0.1) is 11.6 Å². The first-order valence-corrected chi connectivity index (χ1v) is 13.0. The van der Waals surface area contributed by atoms with Gasteiger partial charge in [-0.05, 0) is 66.3 Å². The number of ether oxygens (including phenoxy) is 1. The Labute approximate surface area is 221 Å². The summed E-state index contributed by atoms with van der Waals surface area (Å²) in [5.74, 6) is -0.233. The molecule has 1 saturated heterocycles. The molecule has 4 aromatic rings. The van der Waals surface area contributed by atoms with Crippen LogP contribution in [0.3, 0.4) is 0 Å². The summed E-state index contributed by atoms with van der Waals surface area (Å²) in [5.41, 5.74) is 3.88. The first-order chi connectivity index (χ1) is 18.5. The summed E-state index contributed by atoms with van der Waals surface area (Å²) in [6.07, 6.45) is 5.12. The van der Waals surface area contributed by atoms with Gasteiger partial charge in [-0.1, -0.05) is 43.3 Å². The van der Waals surface area contributed by atoms with Crippen molar-refractivity contribution >= 4 is 28.5 Å². The maximum atomic E-state index is 14.1. The van der Waals surface area contributed by atoms with Crippen LogP contribution in [-0.4, -0.2) is 51.0 Å². The fourth-order valence-electron chi connectivity index (χ4n) is 4.78. The largest absolute Gasteiger partial charge is 0.376 e. The van der Waals surface area contributed by atoms with Crippen molar-refractivity contribution in [1.29, 1.82) is 0 Å². The number of hydrogen-bond donors (Lipinski definition) is 1. The van der Waals surface area contributed by atoms with Crippen LogP contribution in [0.15, 0.2) is 73.1 Å². The lowest BCUT2D eigenvalue weighted by Gasteiger charge is -2.32. The number of fused-ring (bicyclic) bond motifs is 1. The SMILES string of the molecule is CC(C)c1ccc(N(C(=O)Cn2nnc3ccccc32)[C@H](C(=O)NC[C@@H]2CCCO2)c2ccncc2)cc1. The van der Waals surface area contributed by atoms with Crippen LogP contribution in [0.2, 0.25) is 0 Å². The summed E-state index contributed by atoms with van der Waals surface area (Å²) in [5, 5.41) is 11.4. The number of nitrogens with zero attached hydrogens (tertiary/aromatic N) is 5. The molecule has 1 aliphatic rings. The third-order valence-corrected chi connectivity index (χ3v) is 6.87. The molecule has 2 aromatic carbocycles. The molecule has 0 bridgehead atoms. The van der Waals surface area contributed by atoms with Crippen LogP contribution in [0.25, 0.3) is 11.0 Å². The number of nitrogens with one attached hydrogen (secondary N) is 1. The van der Waals surface area contributed by atoms with Gasteiger partial charge in [0.15, 0.2) is 0 Å². The standard InChI is InChI=1S/C29H32N6O3/c1-20(2)21-9-11-23(12-10-21)35(27(36)19-34-26-8-4-3-7-25(26)32-33-34)28(22-13-15-30-16-14-22)29(37)31-18-24-6-5-17-38-24/h3-4,7-16,20,24,28H,5-6,17-19H2,1-2H3,(H,31,37)/t24-,28-/m0/s1. The molecular formula is C29H32N6O3. The maximum absolute atomic E-state index is 14.1. The van der Waals surface area contributed by atoms with Gasteiger partial charge in [-0.25, -0.2) is 4.68 Å². The van der Waals surface area contributed by atoms with E-state index in [0.717, 1.165) is 23.9 Å². The average Bonchev–Trinajstić information content (AvgIpc) is 3.61. The highest BCUT2D eigenvalue weighted by molar-refractivity contribution is 6.01. The first kappa shape index (κ1) is 25.5. The van der Waals surface area contributed by atoms with Crippen molar-refractivity contribution in [2.24, 2.45) is 0 Å². The van der Waals surface area contributed by atoms with E-state index in [1.54, 1.807) is 34.1 Å². The summed E-state index contributed by atoms with van der Waals surface area (Å²) >= 11 is 0. The van der Waals surface area contributed by atoms with Gasteiger partial charge in [-0.2, -0.15) is 0 Å². The highest BCUT2D eigenvalue weighted by Crippen LogP contribution is 2.30. The fourth-order valence-corrected chi connectivity index (χ4v) is 4.78. The minimum absolute atomic E-state index is 0.0203. The van der Waals surface area contributed by atoms with Crippen molar-refractivity contribution in [3.05, 3.63) is 84.2 Å². The minimum atomic E-state index is -0.911. The van der Waals surface area contributed by atoms with Crippen molar-refractivity contribution in [3.8, 4) is 0 Å². The third kappa shape index (κ3) is 5.57. The van der Waals surface area contributed by atoms with Gasteiger partial charge in [0.25, 0.3) is 0 Å². The van der Waals surface area contributed by atoms with E-state index < -0.39 is 6.04 Å². The van der Waals surface area contributed by atoms with Gasteiger partial charge in [-0.15, -0.1) is 5.10 Å². The maximum Gasteiger partial charge on any atom is 0.249 e. The second kappa shape index (κ2) is 11.5. The number of anilines is 1. The Bertz CT molecular complexity index is 1380. The number of rotatable bonds is 9. The minimum Gasteiger partial charge on any atom is -0.376 e. The number of hydrogen-bond acceptors (Lipinski definition) is 6. The van der Waals surface area contributed by atoms with Crippen LogP contribution >= 0.6 is 0 Å². The number of carbonyl (C=O) groups is 2. The Balaban J connectivity index is 1.52. The van der Waals surface area contributed by atoms with E-state index in [4.69, 9.17) is 4.74 Å². The topological polar surface area (TPSA) is 102 Å². The first-order valence-electron chi connectivity index (χ1n) is 13.0. The van der Waals surface area contributed by atoms with Gasteiger partial charge in [0, 0.05) is 31.2 Å². The summed E-state index contributed by atoms with van der Waals surface area (Å²) in [6.45, 7) is 5.25. The zero-order valence-electron chi connectivity index (χ0n) is 21.7. The Morgan fingerprint density at radius 1 is 1.05 bits per heavy atom. The van der Waals surface area contributed by atoms with E-state index in [1.807, 2.05) is 48.5 Å². The second-order valence-corrected chi connectivity index (χ2v) is 9.81. The summed E-state index contributed by atoms with van der Waals surface area (Å²) < 4.78 is 7.27. The van der Waals surface area contributed by atoms with Gasteiger partial charge < -0.3 is 10.1 Å². The van der Waals surface area contributed by atoms with Crippen LogP contribution < -0.4 is 10.2 Å². The molecule has 0 spiro atoms. The third-order valence-electron chi connectivity index (χ3n) is 6.87. The highest BCUT2D eigenvalue weighted by Gasteiger charge is 2.34. The van der Waals surface area contributed by atoms with Crippen molar-refractivity contribution < 1.29 is 14.3 Å². The molecule has 2 aromatic heterocycles. The van der Waals surface area contributed by atoms with E-state index in [0.29, 0.717) is 35.8 Å². The van der Waals surface area contributed by atoms with Crippen LogP contribution in [0, 0.1) is 0 Å². The van der Waals surface area contributed by atoms with E-state index in [9.17, 15) is 9.59 Å². The lowest BCUT2D eigenvalue weighted by molar-refractivity contribution is -0.127. The van der Waals surface area contributed by atoms with Crippen LogP contribution in [0.1, 0.15) is 49.8 Å². The highest BCUT2D eigenvalue weighted by atomic mass is 16.5. The number of amides is 2. The van der Waals surface area contributed by atoms with E-state index in [2.05, 4.69) is 34.5 Å². The Kier molecular flexibility index (Phi) is 7.74. The Morgan fingerprint density at radius 2 is 1.82 bits per heavy atom. The van der Waals surface area contributed by atoms with Gasteiger partial charge in [-0.3, -0.25) is 19.5 Å². The van der Waals surface area contributed by atoms with Crippen molar-refractivity contribution in [2.45, 2.75) is 51.3 Å².